The van der Waals surface area contributed by atoms with Crippen LogP contribution >= 0.6 is 11.6 Å². The van der Waals surface area contributed by atoms with Gasteiger partial charge in [-0.05, 0) is 85.9 Å². The van der Waals surface area contributed by atoms with Crippen molar-refractivity contribution in [3.63, 3.8) is 0 Å². The van der Waals surface area contributed by atoms with E-state index in [1.165, 1.54) is 21.9 Å². The number of carbonyl (C=O) groups is 1. The van der Waals surface area contributed by atoms with Gasteiger partial charge in [0.1, 0.15) is 0 Å². The molecule has 31 heavy (non-hydrogen) atoms. The van der Waals surface area contributed by atoms with Crippen molar-refractivity contribution in [2.24, 2.45) is 5.92 Å². The first-order chi connectivity index (χ1) is 14.9. The van der Waals surface area contributed by atoms with Crippen molar-refractivity contribution < 1.29 is 13.2 Å². The normalized spacial score (nSPS) is 17.8. The number of rotatable bonds is 6. The Labute approximate surface area is 189 Å². The molecule has 0 saturated carbocycles. The summed E-state index contributed by atoms with van der Waals surface area (Å²) in [6.07, 6.45) is 6.14. The number of aryl methyl sites for hydroxylation is 2. The van der Waals surface area contributed by atoms with Crippen LogP contribution < -0.4 is 5.32 Å². The van der Waals surface area contributed by atoms with Crippen molar-refractivity contribution in [3.8, 4) is 0 Å². The summed E-state index contributed by atoms with van der Waals surface area (Å²) in [6, 6.07) is 13.2. The quantitative estimate of drug-likeness (QED) is 0.709. The summed E-state index contributed by atoms with van der Waals surface area (Å²) >= 11 is 5.90. The lowest BCUT2D eigenvalue weighted by Gasteiger charge is -2.31. The average molecular weight is 461 g/mol. The van der Waals surface area contributed by atoms with E-state index in [1.807, 2.05) is 36.4 Å². The maximum Gasteiger partial charge on any atom is 0.243 e. The second-order valence-corrected chi connectivity index (χ2v) is 10.9. The van der Waals surface area contributed by atoms with Gasteiger partial charge in [0.15, 0.2) is 0 Å². The number of hydrogen-bond donors (Lipinski definition) is 1. The molecule has 1 aliphatic heterocycles. The van der Waals surface area contributed by atoms with Crippen LogP contribution in [0.1, 0.15) is 42.4 Å². The number of piperidine rings is 1. The fourth-order valence-corrected chi connectivity index (χ4v) is 6.15. The van der Waals surface area contributed by atoms with Crippen molar-refractivity contribution in [1.82, 2.24) is 9.62 Å². The van der Waals surface area contributed by atoms with Gasteiger partial charge in [0.2, 0.25) is 15.9 Å². The van der Waals surface area contributed by atoms with Crippen LogP contribution in [-0.4, -0.2) is 38.3 Å². The molecule has 0 aromatic heterocycles. The molecular formula is C24H29ClN2O3S. The number of sulfonamides is 1. The third-order valence-corrected chi connectivity index (χ3v) is 8.56. The van der Waals surface area contributed by atoms with Crippen LogP contribution in [0.4, 0.5) is 0 Å². The fourth-order valence-electron chi connectivity index (χ4n) is 4.50. The number of fused-ring (bicyclic) bond motifs is 1. The van der Waals surface area contributed by atoms with Gasteiger partial charge in [0.25, 0.3) is 0 Å². The molecule has 0 atom stereocenters. The third kappa shape index (κ3) is 5.30. The Hall–Kier alpha value is -1.89. The fraction of sp³-hybridized carbons (Fsp3) is 0.458. The van der Waals surface area contributed by atoms with Crippen molar-refractivity contribution in [3.05, 3.63) is 64.2 Å². The molecular weight excluding hydrogens is 432 g/mol. The molecule has 1 heterocycles. The summed E-state index contributed by atoms with van der Waals surface area (Å²) in [5.74, 6) is -0.125. The summed E-state index contributed by atoms with van der Waals surface area (Å²) in [7, 11) is -3.51. The second-order valence-electron chi connectivity index (χ2n) is 8.48. The predicted octanol–water partition coefficient (Wildman–Crippen LogP) is 3.98. The highest BCUT2D eigenvalue weighted by Gasteiger charge is 2.32. The molecule has 2 aliphatic rings. The maximum absolute atomic E-state index is 13.1. The summed E-state index contributed by atoms with van der Waals surface area (Å²) in [5.41, 5.74) is 3.57. The lowest BCUT2D eigenvalue weighted by atomic mass is 9.92. The molecule has 2 aromatic carbocycles. The lowest BCUT2D eigenvalue weighted by Crippen LogP contribution is -2.43. The standard InChI is InChI=1S/C24H29ClN2O3S/c25-22-8-5-18(6-9-22)11-14-26-24(28)20-12-15-27(16-13-20)31(29,30)23-10-7-19-3-1-2-4-21(19)17-23/h5-10,17,20H,1-4,11-16H2,(H,26,28). The Morgan fingerprint density at radius 2 is 1.68 bits per heavy atom. The van der Waals surface area contributed by atoms with Crippen molar-refractivity contribution in [2.45, 2.75) is 49.8 Å². The van der Waals surface area contributed by atoms with Crippen LogP contribution in [-0.2, 0) is 34.1 Å². The van der Waals surface area contributed by atoms with Crippen molar-refractivity contribution >= 4 is 27.5 Å². The molecule has 0 unspecified atom stereocenters. The number of nitrogens with one attached hydrogen (secondary N) is 1. The average Bonchev–Trinajstić information content (AvgIpc) is 2.80. The molecule has 1 saturated heterocycles. The molecule has 7 heteroatoms. The van der Waals surface area contributed by atoms with Gasteiger partial charge < -0.3 is 5.32 Å². The summed E-state index contributed by atoms with van der Waals surface area (Å²) in [4.78, 5) is 12.9. The van der Waals surface area contributed by atoms with E-state index in [0.717, 1.165) is 31.2 Å². The van der Waals surface area contributed by atoms with Gasteiger partial charge in [-0.15, -0.1) is 0 Å². The summed E-state index contributed by atoms with van der Waals surface area (Å²) in [5, 5.41) is 3.69. The molecule has 1 aliphatic carbocycles. The van der Waals surface area contributed by atoms with E-state index in [9.17, 15) is 13.2 Å². The van der Waals surface area contributed by atoms with Crippen LogP contribution in [0.15, 0.2) is 47.4 Å². The highest BCUT2D eigenvalue weighted by Crippen LogP contribution is 2.28. The van der Waals surface area contributed by atoms with E-state index >= 15 is 0 Å². The minimum Gasteiger partial charge on any atom is -0.356 e. The first kappa shape index (κ1) is 22.3. The van der Waals surface area contributed by atoms with Crippen LogP contribution in [0.5, 0.6) is 0 Å². The topological polar surface area (TPSA) is 66.5 Å². The van der Waals surface area contributed by atoms with Gasteiger partial charge in [0, 0.05) is 30.6 Å². The third-order valence-electron chi connectivity index (χ3n) is 6.41. The number of carbonyl (C=O) groups excluding carboxylic acids is 1. The molecule has 4 rings (SSSR count). The Bertz CT molecular complexity index is 1030. The zero-order chi connectivity index (χ0) is 21.8. The SMILES string of the molecule is O=C(NCCc1ccc(Cl)cc1)C1CCN(S(=O)(=O)c2ccc3c(c2)CCCC3)CC1. The van der Waals surface area contributed by atoms with Gasteiger partial charge in [0.05, 0.1) is 4.90 Å². The maximum atomic E-state index is 13.1. The Morgan fingerprint density at radius 3 is 2.39 bits per heavy atom. The first-order valence-corrected chi connectivity index (χ1v) is 12.9. The molecule has 0 radical (unpaired) electrons. The molecule has 0 spiro atoms. The highest BCUT2D eigenvalue weighted by atomic mass is 35.5. The molecule has 1 N–H and O–H groups in total. The van der Waals surface area contributed by atoms with Gasteiger partial charge >= 0.3 is 0 Å². The Morgan fingerprint density at radius 1 is 1.00 bits per heavy atom. The van der Waals surface area contributed by atoms with Gasteiger partial charge in [-0.3, -0.25) is 4.79 Å². The smallest absolute Gasteiger partial charge is 0.243 e. The molecule has 166 valence electrons. The number of benzene rings is 2. The largest absolute Gasteiger partial charge is 0.356 e. The van der Waals surface area contributed by atoms with E-state index in [0.29, 0.717) is 42.4 Å². The number of hydrogen-bond acceptors (Lipinski definition) is 3. The molecule has 0 bridgehead atoms. The highest BCUT2D eigenvalue weighted by molar-refractivity contribution is 7.89. The van der Waals surface area contributed by atoms with E-state index in [1.54, 1.807) is 6.07 Å². The zero-order valence-corrected chi connectivity index (χ0v) is 19.2. The van der Waals surface area contributed by atoms with E-state index in [4.69, 9.17) is 11.6 Å². The van der Waals surface area contributed by atoms with Crippen LogP contribution in [0.25, 0.3) is 0 Å². The zero-order valence-electron chi connectivity index (χ0n) is 17.6. The monoisotopic (exact) mass is 460 g/mol. The number of amides is 1. The van der Waals surface area contributed by atoms with Crippen LogP contribution in [0.2, 0.25) is 5.02 Å². The first-order valence-electron chi connectivity index (χ1n) is 11.1. The minimum atomic E-state index is -3.51. The molecule has 2 aromatic rings. The van der Waals surface area contributed by atoms with Crippen LogP contribution in [0.3, 0.4) is 0 Å². The summed E-state index contributed by atoms with van der Waals surface area (Å²) < 4.78 is 27.8. The lowest BCUT2D eigenvalue weighted by molar-refractivity contribution is -0.126. The molecule has 5 nitrogen and oxygen atoms in total. The number of halogens is 1. The number of nitrogens with zero attached hydrogens (tertiary/aromatic N) is 1. The molecule has 1 amide bonds. The Balaban J connectivity index is 1.29. The van der Waals surface area contributed by atoms with E-state index in [2.05, 4.69) is 5.32 Å². The second kappa shape index (κ2) is 9.72. The van der Waals surface area contributed by atoms with Crippen molar-refractivity contribution in [1.29, 1.82) is 0 Å². The summed E-state index contributed by atoms with van der Waals surface area (Å²) in [6.45, 7) is 1.33. The Kier molecular flexibility index (Phi) is 6.99. The minimum absolute atomic E-state index is 0.0137. The van der Waals surface area contributed by atoms with Gasteiger partial charge in [-0.2, -0.15) is 4.31 Å². The predicted molar refractivity (Wildman–Crippen MR) is 123 cm³/mol. The van der Waals surface area contributed by atoms with E-state index < -0.39 is 10.0 Å². The van der Waals surface area contributed by atoms with Crippen molar-refractivity contribution in [2.75, 3.05) is 19.6 Å². The van der Waals surface area contributed by atoms with Crippen LogP contribution in [0, 0.1) is 5.92 Å². The van der Waals surface area contributed by atoms with E-state index in [-0.39, 0.29) is 11.8 Å². The van der Waals surface area contributed by atoms with Gasteiger partial charge in [-0.25, -0.2) is 8.42 Å². The molecule has 1 fully saturated rings. The van der Waals surface area contributed by atoms with Gasteiger partial charge in [-0.1, -0.05) is 29.8 Å².